The third-order valence-corrected chi connectivity index (χ3v) is 4.69. The van der Waals surface area contributed by atoms with E-state index in [1.807, 2.05) is 26.8 Å². The van der Waals surface area contributed by atoms with Gasteiger partial charge in [0.2, 0.25) is 0 Å². The van der Waals surface area contributed by atoms with Crippen molar-refractivity contribution in [3.63, 3.8) is 0 Å². The summed E-state index contributed by atoms with van der Waals surface area (Å²) < 4.78 is 18.3. The molecule has 2 aromatic heterocycles. The van der Waals surface area contributed by atoms with Crippen LogP contribution in [-0.4, -0.2) is 41.8 Å². The van der Waals surface area contributed by atoms with Gasteiger partial charge in [-0.1, -0.05) is 13.8 Å². The molecule has 2 atom stereocenters. The molecule has 1 amide bonds. The summed E-state index contributed by atoms with van der Waals surface area (Å²) in [6.45, 7) is 6.73. The third kappa shape index (κ3) is 3.77. The van der Waals surface area contributed by atoms with Crippen LogP contribution in [0, 0.1) is 12.8 Å². The van der Waals surface area contributed by atoms with E-state index >= 15 is 0 Å². The Labute approximate surface area is 152 Å². The molecule has 0 saturated carbocycles. The Morgan fingerprint density at radius 2 is 2.15 bits per heavy atom. The maximum Gasteiger partial charge on any atom is 0.355 e. The predicted octanol–water partition coefficient (Wildman–Crippen LogP) is 2.56. The van der Waals surface area contributed by atoms with Crippen LogP contribution in [0.2, 0.25) is 0 Å². The van der Waals surface area contributed by atoms with Crippen molar-refractivity contribution in [1.29, 1.82) is 0 Å². The van der Waals surface area contributed by atoms with E-state index in [0.29, 0.717) is 17.8 Å². The van der Waals surface area contributed by atoms with Gasteiger partial charge in [0.15, 0.2) is 11.7 Å². The molecule has 1 aliphatic heterocycles. The van der Waals surface area contributed by atoms with E-state index in [1.54, 1.807) is 17.7 Å². The summed E-state index contributed by atoms with van der Waals surface area (Å²) >= 11 is 0. The largest absolute Gasteiger partial charge is 0.460 e. The summed E-state index contributed by atoms with van der Waals surface area (Å²) in [4.78, 5) is 25.1. The summed E-state index contributed by atoms with van der Waals surface area (Å²) in [7, 11) is 1.77. The molecule has 0 aromatic carbocycles. The number of carbonyl (C=O) groups is 2. The number of amides is 1. The molecule has 1 saturated heterocycles. The third-order valence-electron chi connectivity index (χ3n) is 4.69. The van der Waals surface area contributed by atoms with Gasteiger partial charge in [0.25, 0.3) is 5.91 Å². The van der Waals surface area contributed by atoms with Crippen LogP contribution in [0.4, 0.5) is 0 Å². The van der Waals surface area contributed by atoms with Crippen LogP contribution in [-0.2, 0) is 21.3 Å². The second kappa shape index (κ2) is 7.53. The Morgan fingerprint density at radius 1 is 1.38 bits per heavy atom. The van der Waals surface area contributed by atoms with Gasteiger partial charge < -0.3 is 23.8 Å². The van der Waals surface area contributed by atoms with Crippen LogP contribution < -0.4 is 5.32 Å². The summed E-state index contributed by atoms with van der Waals surface area (Å²) in [6, 6.07) is 3.51. The fraction of sp³-hybridized carbons (Fsp3) is 0.579. The molecule has 3 heterocycles. The lowest BCUT2D eigenvalue weighted by atomic mass is 10.1. The summed E-state index contributed by atoms with van der Waals surface area (Å²) in [5, 5.41) is 2.84. The van der Waals surface area contributed by atoms with Crippen LogP contribution in [0.25, 0.3) is 11.1 Å². The number of hydrogen-bond acceptors (Lipinski definition) is 5. The van der Waals surface area contributed by atoms with E-state index in [4.69, 9.17) is 13.9 Å². The topological polar surface area (TPSA) is 82.7 Å². The number of carbonyl (C=O) groups excluding carboxylic acids is 2. The summed E-state index contributed by atoms with van der Waals surface area (Å²) in [5.74, 6) is -0.201. The molecule has 1 fully saturated rings. The highest BCUT2D eigenvalue weighted by Gasteiger charge is 2.29. The van der Waals surface area contributed by atoms with Crippen molar-refractivity contribution in [1.82, 2.24) is 9.88 Å². The Morgan fingerprint density at radius 3 is 2.77 bits per heavy atom. The lowest BCUT2D eigenvalue weighted by molar-refractivity contribution is -0.132. The van der Waals surface area contributed by atoms with Gasteiger partial charge in [-0.25, -0.2) is 4.79 Å². The maximum absolute atomic E-state index is 12.6. The number of rotatable bonds is 6. The molecule has 26 heavy (non-hydrogen) atoms. The Bertz CT molecular complexity index is 798. The van der Waals surface area contributed by atoms with E-state index in [-0.39, 0.29) is 17.9 Å². The zero-order valence-electron chi connectivity index (χ0n) is 15.7. The molecule has 0 spiro atoms. The minimum Gasteiger partial charge on any atom is -0.460 e. The minimum atomic E-state index is -0.855. The second-order valence-corrected chi connectivity index (χ2v) is 7.15. The van der Waals surface area contributed by atoms with Crippen molar-refractivity contribution < 1.29 is 23.5 Å². The number of fused-ring (bicyclic) bond motifs is 1. The predicted molar refractivity (Wildman–Crippen MR) is 95.9 cm³/mol. The van der Waals surface area contributed by atoms with E-state index in [2.05, 4.69) is 5.32 Å². The first-order valence-electron chi connectivity index (χ1n) is 9.03. The highest BCUT2D eigenvalue weighted by atomic mass is 16.5. The van der Waals surface area contributed by atoms with Gasteiger partial charge in [-0.3, -0.25) is 4.79 Å². The number of aryl methyl sites for hydroxylation is 2. The standard InChI is InChI=1S/C19H26N2O5/c1-11(2)17(18(22)20-10-13-6-5-7-24-13)26-19(23)15-9-16-14(21(15)4)8-12(3)25-16/h8-9,11,13,17H,5-7,10H2,1-4H3,(H,20,22)/t13-,17-/m1/s1. The zero-order valence-corrected chi connectivity index (χ0v) is 15.7. The average molecular weight is 362 g/mol. The SMILES string of the molecule is Cc1cc2c(cc(C(=O)O[C@@H](C(=O)NC[C@H]3CCCO3)C(C)C)n2C)o1. The molecule has 0 radical (unpaired) electrons. The quantitative estimate of drug-likeness (QED) is 0.799. The summed E-state index contributed by atoms with van der Waals surface area (Å²) in [5.41, 5.74) is 1.80. The van der Waals surface area contributed by atoms with Gasteiger partial charge in [0.1, 0.15) is 11.5 Å². The molecule has 1 aliphatic rings. The van der Waals surface area contributed by atoms with Crippen molar-refractivity contribution >= 4 is 23.0 Å². The highest BCUT2D eigenvalue weighted by molar-refractivity contribution is 5.95. The first kappa shape index (κ1) is 18.5. The molecular formula is C19H26N2O5. The Hall–Kier alpha value is -2.28. The smallest absolute Gasteiger partial charge is 0.355 e. The number of aromatic nitrogens is 1. The lowest BCUT2D eigenvalue weighted by Gasteiger charge is -2.21. The number of hydrogen-bond donors (Lipinski definition) is 1. The monoisotopic (exact) mass is 362 g/mol. The molecule has 7 heteroatoms. The molecule has 0 bridgehead atoms. The second-order valence-electron chi connectivity index (χ2n) is 7.15. The van der Waals surface area contributed by atoms with Gasteiger partial charge >= 0.3 is 5.97 Å². The highest BCUT2D eigenvalue weighted by Crippen LogP contribution is 2.23. The van der Waals surface area contributed by atoms with Crippen molar-refractivity contribution in [2.45, 2.75) is 45.8 Å². The van der Waals surface area contributed by atoms with Gasteiger partial charge in [-0.05, 0) is 25.7 Å². The van der Waals surface area contributed by atoms with Gasteiger partial charge in [0, 0.05) is 32.3 Å². The number of nitrogens with zero attached hydrogens (tertiary/aromatic N) is 1. The van der Waals surface area contributed by atoms with E-state index in [9.17, 15) is 9.59 Å². The normalized spacial score (nSPS) is 18.4. The maximum atomic E-state index is 12.6. The van der Waals surface area contributed by atoms with Crippen LogP contribution in [0.1, 0.15) is 42.9 Å². The van der Waals surface area contributed by atoms with Crippen LogP contribution in [0.15, 0.2) is 16.5 Å². The van der Waals surface area contributed by atoms with E-state index < -0.39 is 12.1 Å². The van der Waals surface area contributed by atoms with Crippen LogP contribution in [0.5, 0.6) is 0 Å². The minimum absolute atomic E-state index is 0.0467. The van der Waals surface area contributed by atoms with Crippen molar-refractivity contribution in [3.8, 4) is 0 Å². The van der Waals surface area contributed by atoms with Gasteiger partial charge in [-0.15, -0.1) is 0 Å². The van der Waals surface area contributed by atoms with Crippen molar-refractivity contribution in [3.05, 3.63) is 23.6 Å². The number of nitrogens with one attached hydrogen (secondary N) is 1. The summed E-state index contributed by atoms with van der Waals surface area (Å²) in [6.07, 6.45) is 1.14. The van der Waals surface area contributed by atoms with Crippen molar-refractivity contribution in [2.75, 3.05) is 13.2 Å². The fourth-order valence-corrected chi connectivity index (χ4v) is 3.22. The molecule has 2 aromatic rings. The zero-order chi connectivity index (χ0) is 18.8. The first-order chi connectivity index (χ1) is 12.4. The van der Waals surface area contributed by atoms with E-state index in [1.165, 1.54) is 0 Å². The molecule has 3 rings (SSSR count). The molecular weight excluding hydrogens is 336 g/mol. The molecule has 142 valence electrons. The fourth-order valence-electron chi connectivity index (χ4n) is 3.22. The molecule has 0 aliphatic carbocycles. The Balaban J connectivity index is 1.67. The van der Waals surface area contributed by atoms with Crippen molar-refractivity contribution in [2.24, 2.45) is 13.0 Å². The lowest BCUT2D eigenvalue weighted by Crippen LogP contribution is -2.43. The van der Waals surface area contributed by atoms with Crippen LogP contribution in [0.3, 0.4) is 0 Å². The van der Waals surface area contributed by atoms with Gasteiger partial charge in [0.05, 0.1) is 11.6 Å². The molecule has 0 unspecified atom stereocenters. The number of furan rings is 1. The number of esters is 1. The van der Waals surface area contributed by atoms with E-state index in [0.717, 1.165) is 30.7 Å². The average Bonchev–Trinajstić information content (AvgIpc) is 3.28. The molecule has 1 N–H and O–H groups in total. The van der Waals surface area contributed by atoms with Crippen LogP contribution >= 0.6 is 0 Å². The number of ether oxygens (including phenoxy) is 2. The van der Waals surface area contributed by atoms with Gasteiger partial charge in [-0.2, -0.15) is 0 Å². The molecule has 7 nitrogen and oxygen atoms in total. The first-order valence-corrected chi connectivity index (χ1v) is 9.03. The Kier molecular flexibility index (Phi) is 5.36.